The van der Waals surface area contributed by atoms with Gasteiger partial charge in [-0.3, -0.25) is 9.89 Å². The summed E-state index contributed by atoms with van der Waals surface area (Å²) in [7, 11) is -3.90. The van der Waals surface area contributed by atoms with Gasteiger partial charge in [-0.05, 0) is 26.0 Å². The highest BCUT2D eigenvalue weighted by Crippen LogP contribution is 2.30. The number of nitrogens with zero attached hydrogens (tertiary/aromatic N) is 1. The van der Waals surface area contributed by atoms with Gasteiger partial charge in [0.15, 0.2) is 0 Å². The molecule has 0 saturated carbocycles. The van der Waals surface area contributed by atoms with E-state index in [1.165, 1.54) is 11.8 Å². The van der Waals surface area contributed by atoms with Crippen molar-refractivity contribution in [2.75, 3.05) is 11.5 Å². The van der Waals surface area contributed by atoms with Gasteiger partial charge in [0.1, 0.15) is 10.4 Å². The first-order valence-electron chi connectivity index (χ1n) is 5.65. The van der Waals surface area contributed by atoms with Gasteiger partial charge in [-0.2, -0.15) is 21.6 Å². The molecule has 1 aromatic heterocycles. The number of aryl methyl sites for hydroxylation is 2. The Balaban J connectivity index is 2.39. The third kappa shape index (κ3) is 2.49. The molecule has 9 heteroatoms. The Morgan fingerprint density at radius 3 is 2.63 bits per heavy atom. The minimum Gasteiger partial charge on any atom is -0.480 e. The van der Waals surface area contributed by atoms with Gasteiger partial charge in [-0.15, -0.1) is 0 Å². The molecule has 1 unspecified atom stereocenters. The molecular weight excluding hydrogens is 290 g/mol. The molecule has 1 aromatic rings. The molecule has 0 spiro atoms. The van der Waals surface area contributed by atoms with Crippen LogP contribution in [-0.4, -0.2) is 46.7 Å². The van der Waals surface area contributed by atoms with Crippen LogP contribution in [0.4, 0.5) is 0 Å². The summed E-state index contributed by atoms with van der Waals surface area (Å²) in [6.45, 7) is 3.15. The lowest BCUT2D eigenvalue weighted by Crippen LogP contribution is -2.54. The highest BCUT2D eigenvalue weighted by molar-refractivity contribution is 7.99. The second-order valence-corrected chi connectivity index (χ2v) is 7.28. The topological polar surface area (TPSA) is 112 Å². The van der Waals surface area contributed by atoms with E-state index in [1.54, 1.807) is 13.8 Å². The van der Waals surface area contributed by atoms with E-state index in [9.17, 15) is 18.3 Å². The molecular formula is C10H15N3O4S2. The van der Waals surface area contributed by atoms with E-state index in [1.807, 2.05) is 0 Å². The fourth-order valence-corrected chi connectivity index (χ4v) is 5.28. The van der Waals surface area contributed by atoms with Gasteiger partial charge in [-0.1, -0.05) is 0 Å². The Morgan fingerprint density at radius 1 is 1.53 bits per heavy atom. The highest BCUT2D eigenvalue weighted by Gasteiger charge is 2.46. The molecule has 0 radical (unpaired) electrons. The predicted molar refractivity (Wildman–Crippen MR) is 70.7 cm³/mol. The number of aliphatic carboxylic acids is 1. The zero-order valence-electron chi connectivity index (χ0n) is 10.6. The first-order chi connectivity index (χ1) is 8.78. The molecule has 1 aliphatic heterocycles. The zero-order chi connectivity index (χ0) is 14.3. The Bertz CT molecular complexity index is 583. The largest absolute Gasteiger partial charge is 0.480 e. The van der Waals surface area contributed by atoms with E-state index < -0.39 is 21.5 Å². The van der Waals surface area contributed by atoms with Crippen LogP contribution in [0.1, 0.15) is 17.8 Å². The Morgan fingerprint density at radius 2 is 2.21 bits per heavy atom. The predicted octanol–water partition coefficient (Wildman–Crippen LogP) is 0.265. The van der Waals surface area contributed by atoms with Crippen LogP contribution in [0.5, 0.6) is 0 Å². The van der Waals surface area contributed by atoms with Crippen molar-refractivity contribution in [1.29, 1.82) is 0 Å². The minimum atomic E-state index is -3.90. The van der Waals surface area contributed by atoms with Gasteiger partial charge >= 0.3 is 5.97 Å². The first kappa shape index (κ1) is 14.4. The third-order valence-electron chi connectivity index (χ3n) is 3.09. The number of carboxylic acid groups (broad SMARTS) is 1. The van der Waals surface area contributed by atoms with E-state index in [0.717, 1.165) is 0 Å². The molecule has 0 aliphatic carbocycles. The number of hydrogen-bond acceptors (Lipinski definition) is 5. The lowest BCUT2D eigenvalue weighted by Gasteiger charge is -2.24. The van der Waals surface area contributed by atoms with Gasteiger partial charge in [0.05, 0.1) is 11.4 Å². The van der Waals surface area contributed by atoms with Crippen LogP contribution in [0, 0.1) is 13.8 Å². The number of carbonyl (C=O) groups is 1. The van der Waals surface area contributed by atoms with Crippen molar-refractivity contribution in [3.63, 3.8) is 0 Å². The van der Waals surface area contributed by atoms with Crippen molar-refractivity contribution in [1.82, 2.24) is 14.9 Å². The Kier molecular flexibility index (Phi) is 3.63. The van der Waals surface area contributed by atoms with Crippen molar-refractivity contribution in [2.45, 2.75) is 30.7 Å². The number of aromatic amines is 1. The molecule has 19 heavy (non-hydrogen) atoms. The lowest BCUT2D eigenvalue weighted by atomic mass is 10.0. The minimum absolute atomic E-state index is 0.0324. The van der Waals surface area contributed by atoms with Crippen LogP contribution >= 0.6 is 11.8 Å². The average Bonchev–Trinajstić information content (AvgIpc) is 2.86. The maximum atomic E-state index is 12.4. The number of thioether (sulfide) groups is 1. The molecule has 1 fully saturated rings. The number of carboxylic acids is 1. The quantitative estimate of drug-likeness (QED) is 0.736. The molecule has 0 amide bonds. The maximum Gasteiger partial charge on any atom is 0.325 e. The standard InChI is InChI=1S/C10H15N3O4S2/c1-6-8(7(2)12-11-6)19(16,17)13-10(9(14)15)3-4-18-5-10/h13H,3-5H2,1-2H3,(H,11,12)(H,14,15). The SMILES string of the molecule is Cc1n[nH]c(C)c1S(=O)(=O)NC1(C(=O)O)CCSC1. The summed E-state index contributed by atoms with van der Waals surface area (Å²) in [5.41, 5.74) is -0.688. The fraction of sp³-hybridized carbons (Fsp3) is 0.600. The van der Waals surface area contributed by atoms with Crippen LogP contribution in [0.25, 0.3) is 0 Å². The second kappa shape index (κ2) is 4.80. The van der Waals surface area contributed by atoms with Gasteiger partial charge in [0.25, 0.3) is 0 Å². The van der Waals surface area contributed by atoms with Crippen LogP contribution in [0.2, 0.25) is 0 Å². The molecule has 1 aliphatic rings. The maximum absolute atomic E-state index is 12.4. The summed E-state index contributed by atoms with van der Waals surface area (Å²) in [6, 6.07) is 0. The van der Waals surface area contributed by atoms with Crippen LogP contribution in [0.3, 0.4) is 0 Å². The van der Waals surface area contributed by atoms with Crippen molar-refractivity contribution >= 4 is 27.8 Å². The van der Waals surface area contributed by atoms with Crippen molar-refractivity contribution < 1.29 is 18.3 Å². The van der Waals surface area contributed by atoms with Gasteiger partial charge in [0, 0.05) is 5.75 Å². The molecule has 1 atom stereocenters. The second-order valence-electron chi connectivity index (χ2n) is 4.56. The van der Waals surface area contributed by atoms with Crippen molar-refractivity contribution in [3.8, 4) is 0 Å². The lowest BCUT2D eigenvalue weighted by molar-refractivity contribution is -0.142. The van der Waals surface area contributed by atoms with E-state index in [2.05, 4.69) is 14.9 Å². The summed E-state index contributed by atoms with van der Waals surface area (Å²) in [4.78, 5) is 11.4. The van der Waals surface area contributed by atoms with Crippen LogP contribution in [0.15, 0.2) is 4.90 Å². The molecule has 2 rings (SSSR count). The van der Waals surface area contributed by atoms with Crippen LogP contribution in [-0.2, 0) is 14.8 Å². The molecule has 1 saturated heterocycles. The average molecular weight is 305 g/mol. The smallest absolute Gasteiger partial charge is 0.325 e. The number of sulfonamides is 1. The summed E-state index contributed by atoms with van der Waals surface area (Å²) in [6.07, 6.45) is 0.280. The van der Waals surface area contributed by atoms with Crippen LogP contribution < -0.4 is 4.72 Å². The third-order valence-corrected chi connectivity index (χ3v) is 6.08. The molecule has 0 aromatic carbocycles. The van der Waals surface area contributed by atoms with Crippen molar-refractivity contribution in [3.05, 3.63) is 11.4 Å². The molecule has 7 nitrogen and oxygen atoms in total. The molecule has 2 heterocycles. The summed E-state index contributed by atoms with van der Waals surface area (Å²) in [5, 5.41) is 15.7. The summed E-state index contributed by atoms with van der Waals surface area (Å²) in [5.74, 6) is -0.282. The first-order valence-corrected chi connectivity index (χ1v) is 8.29. The fourth-order valence-electron chi connectivity index (χ4n) is 2.10. The van der Waals surface area contributed by atoms with E-state index >= 15 is 0 Å². The molecule has 0 bridgehead atoms. The molecule has 106 valence electrons. The number of rotatable bonds is 4. The van der Waals surface area contributed by atoms with Crippen molar-refractivity contribution in [2.24, 2.45) is 0 Å². The number of aromatic nitrogens is 2. The van der Waals surface area contributed by atoms with E-state index in [0.29, 0.717) is 17.1 Å². The monoisotopic (exact) mass is 305 g/mol. The Labute approximate surface area is 115 Å². The van der Waals surface area contributed by atoms with Gasteiger partial charge in [0.2, 0.25) is 10.0 Å². The summed E-state index contributed by atoms with van der Waals surface area (Å²) >= 11 is 1.42. The Hall–Kier alpha value is -1.06. The number of H-pyrrole nitrogens is 1. The highest BCUT2D eigenvalue weighted by atomic mass is 32.2. The normalized spacial score (nSPS) is 23.7. The van der Waals surface area contributed by atoms with Gasteiger partial charge in [-0.25, -0.2) is 8.42 Å². The van der Waals surface area contributed by atoms with E-state index in [-0.39, 0.29) is 17.1 Å². The van der Waals surface area contributed by atoms with E-state index in [4.69, 9.17) is 0 Å². The van der Waals surface area contributed by atoms with Gasteiger partial charge < -0.3 is 5.11 Å². The number of hydrogen-bond donors (Lipinski definition) is 3. The zero-order valence-corrected chi connectivity index (χ0v) is 12.2. The number of nitrogens with one attached hydrogen (secondary N) is 2. The molecule has 3 N–H and O–H groups in total. The summed E-state index contributed by atoms with van der Waals surface area (Å²) < 4.78 is 27.1.